The van der Waals surface area contributed by atoms with Crippen LogP contribution >= 0.6 is 0 Å². The molecule has 1 atom stereocenters. The summed E-state index contributed by atoms with van der Waals surface area (Å²) in [7, 11) is 1.77. The molecule has 0 spiro atoms. The second kappa shape index (κ2) is 4.72. The summed E-state index contributed by atoms with van der Waals surface area (Å²) in [6, 6.07) is 0.0407. The lowest BCUT2D eigenvalue weighted by molar-refractivity contribution is -0.138. The molecule has 1 unspecified atom stereocenters. The van der Waals surface area contributed by atoms with Gasteiger partial charge in [-0.05, 0) is 32.2 Å². The van der Waals surface area contributed by atoms with Crippen LogP contribution in [0.5, 0.6) is 0 Å². The molecule has 0 aromatic heterocycles. The van der Waals surface area contributed by atoms with Crippen LogP contribution in [0.3, 0.4) is 0 Å². The lowest BCUT2D eigenvalue weighted by Crippen LogP contribution is -2.51. The van der Waals surface area contributed by atoms with E-state index in [1.807, 2.05) is 11.8 Å². The highest BCUT2D eigenvalue weighted by atomic mass is 16.5. The third-order valence-corrected chi connectivity index (χ3v) is 3.92. The van der Waals surface area contributed by atoms with Gasteiger partial charge in [0, 0.05) is 20.2 Å². The SMILES string of the molecule is CCNC1CCN(CC2(OC)CCC2)C1=O. The van der Waals surface area contributed by atoms with Gasteiger partial charge < -0.3 is 15.0 Å². The minimum atomic E-state index is -0.0310. The number of carbonyl (C=O) groups excluding carboxylic acids is 1. The van der Waals surface area contributed by atoms with E-state index in [1.54, 1.807) is 7.11 Å². The molecule has 1 heterocycles. The van der Waals surface area contributed by atoms with Crippen molar-refractivity contribution in [2.75, 3.05) is 26.7 Å². The molecule has 1 N–H and O–H groups in total. The van der Waals surface area contributed by atoms with Gasteiger partial charge in [0.25, 0.3) is 0 Å². The van der Waals surface area contributed by atoms with Crippen LogP contribution in [0.2, 0.25) is 0 Å². The molecule has 2 aliphatic rings. The van der Waals surface area contributed by atoms with E-state index in [1.165, 1.54) is 6.42 Å². The van der Waals surface area contributed by atoms with Crippen molar-refractivity contribution < 1.29 is 9.53 Å². The van der Waals surface area contributed by atoms with Crippen molar-refractivity contribution in [1.82, 2.24) is 10.2 Å². The van der Waals surface area contributed by atoms with E-state index in [0.29, 0.717) is 0 Å². The number of amides is 1. The molecule has 16 heavy (non-hydrogen) atoms. The number of methoxy groups -OCH3 is 1. The Morgan fingerprint density at radius 2 is 2.31 bits per heavy atom. The van der Waals surface area contributed by atoms with Crippen LogP contribution < -0.4 is 5.32 Å². The van der Waals surface area contributed by atoms with Gasteiger partial charge >= 0.3 is 0 Å². The highest BCUT2D eigenvalue weighted by Gasteiger charge is 2.42. The Hall–Kier alpha value is -0.610. The Balaban J connectivity index is 1.89. The van der Waals surface area contributed by atoms with Crippen LogP contribution in [-0.2, 0) is 9.53 Å². The monoisotopic (exact) mass is 226 g/mol. The van der Waals surface area contributed by atoms with E-state index < -0.39 is 0 Å². The molecule has 0 bridgehead atoms. The molecule has 0 aromatic rings. The standard InChI is InChI=1S/C12H22N2O2/c1-3-13-10-5-8-14(11(10)15)9-12(16-2)6-4-7-12/h10,13H,3-9H2,1-2H3. The van der Waals surface area contributed by atoms with E-state index in [9.17, 15) is 4.79 Å². The van der Waals surface area contributed by atoms with Gasteiger partial charge in [0.05, 0.1) is 11.6 Å². The van der Waals surface area contributed by atoms with E-state index >= 15 is 0 Å². The fourth-order valence-corrected chi connectivity index (χ4v) is 2.68. The third kappa shape index (κ3) is 2.09. The summed E-state index contributed by atoms with van der Waals surface area (Å²) in [6.07, 6.45) is 4.36. The largest absolute Gasteiger partial charge is 0.376 e. The van der Waals surface area contributed by atoms with Crippen LogP contribution in [0.25, 0.3) is 0 Å². The van der Waals surface area contributed by atoms with Gasteiger partial charge in [-0.25, -0.2) is 0 Å². The van der Waals surface area contributed by atoms with Crippen molar-refractivity contribution in [2.45, 2.75) is 44.2 Å². The van der Waals surface area contributed by atoms with Crippen molar-refractivity contribution in [3.8, 4) is 0 Å². The Bertz CT molecular complexity index is 258. The molecule has 4 heteroatoms. The minimum absolute atomic E-state index is 0.0310. The normalized spacial score (nSPS) is 28.2. The van der Waals surface area contributed by atoms with Crippen LogP contribution in [0.15, 0.2) is 0 Å². The molecule has 2 rings (SSSR count). The zero-order chi connectivity index (χ0) is 11.6. The summed E-state index contributed by atoms with van der Waals surface area (Å²) in [4.78, 5) is 14.0. The topological polar surface area (TPSA) is 41.6 Å². The van der Waals surface area contributed by atoms with E-state index in [-0.39, 0.29) is 17.6 Å². The maximum absolute atomic E-state index is 12.0. The van der Waals surface area contributed by atoms with Crippen LogP contribution in [0.1, 0.15) is 32.6 Å². The predicted octanol–water partition coefficient (Wildman–Crippen LogP) is 0.766. The number of nitrogens with one attached hydrogen (secondary N) is 1. The van der Waals surface area contributed by atoms with Gasteiger partial charge in [-0.1, -0.05) is 6.92 Å². The van der Waals surface area contributed by atoms with Gasteiger partial charge in [-0.2, -0.15) is 0 Å². The number of carbonyl (C=O) groups is 1. The first-order valence-electron chi connectivity index (χ1n) is 6.28. The molecular formula is C12H22N2O2. The Morgan fingerprint density at radius 3 is 2.81 bits per heavy atom. The van der Waals surface area contributed by atoms with Crippen molar-refractivity contribution in [1.29, 1.82) is 0 Å². The second-order valence-corrected chi connectivity index (χ2v) is 4.90. The zero-order valence-corrected chi connectivity index (χ0v) is 10.3. The molecular weight excluding hydrogens is 204 g/mol. The van der Waals surface area contributed by atoms with E-state index in [0.717, 1.165) is 38.9 Å². The predicted molar refractivity (Wildman–Crippen MR) is 62.3 cm³/mol. The Kier molecular flexibility index (Phi) is 3.50. The number of ether oxygens (including phenoxy) is 1. The Labute approximate surface area is 97.3 Å². The van der Waals surface area contributed by atoms with Crippen LogP contribution in [0.4, 0.5) is 0 Å². The van der Waals surface area contributed by atoms with Crippen molar-refractivity contribution in [3.63, 3.8) is 0 Å². The highest BCUT2D eigenvalue weighted by Crippen LogP contribution is 2.36. The summed E-state index contributed by atoms with van der Waals surface area (Å²) < 4.78 is 5.56. The van der Waals surface area contributed by atoms with E-state index in [4.69, 9.17) is 4.74 Å². The molecule has 1 saturated carbocycles. The van der Waals surface area contributed by atoms with E-state index in [2.05, 4.69) is 5.32 Å². The van der Waals surface area contributed by atoms with Crippen molar-refractivity contribution >= 4 is 5.91 Å². The van der Waals surface area contributed by atoms with Crippen molar-refractivity contribution in [2.24, 2.45) is 0 Å². The van der Waals surface area contributed by atoms with Gasteiger partial charge in [0.2, 0.25) is 5.91 Å². The zero-order valence-electron chi connectivity index (χ0n) is 10.3. The van der Waals surface area contributed by atoms with Crippen LogP contribution in [0, 0.1) is 0 Å². The van der Waals surface area contributed by atoms with Gasteiger partial charge in [-0.3, -0.25) is 4.79 Å². The minimum Gasteiger partial charge on any atom is -0.376 e. The molecule has 1 saturated heterocycles. The first-order chi connectivity index (χ1) is 7.71. The molecule has 2 fully saturated rings. The summed E-state index contributed by atoms with van der Waals surface area (Å²) in [5, 5.41) is 3.23. The van der Waals surface area contributed by atoms with Crippen molar-refractivity contribution in [3.05, 3.63) is 0 Å². The lowest BCUT2D eigenvalue weighted by Gasteiger charge is -2.43. The fraction of sp³-hybridized carbons (Fsp3) is 0.917. The first kappa shape index (κ1) is 11.9. The summed E-state index contributed by atoms with van der Waals surface area (Å²) in [5.41, 5.74) is -0.0310. The Morgan fingerprint density at radius 1 is 1.56 bits per heavy atom. The maximum atomic E-state index is 12.0. The van der Waals surface area contributed by atoms with Gasteiger partial charge in [-0.15, -0.1) is 0 Å². The molecule has 0 radical (unpaired) electrons. The molecule has 0 aromatic carbocycles. The number of rotatable bonds is 5. The molecule has 1 aliphatic carbocycles. The number of likely N-dealkylation sites (tertiary alicyclic amines) is 1. The number of likely N-dealkylation sites (N-methyl/N-ethyl adjacent to an activating group) is 1. The molecule has 4 nitrogen and oxygen atoms in total. The van der Waals surface area contributed by atoms with Gasteiger partial charge in [0.15, 0.2) is 0 Å². The molecule has 1 amide bonds. The van der Waals surface area contributed by atoms with Gasteiger partial charge in [0.1, 0.15) is 0 Å². The molecule has 92 valence electrons. The average molecular weight is 226 g/mol. The average Bonchev–Trinajstić information content (AvgIpc) is 2.56. The van der Waals surface area contributed by atoms with Crippen LogP contribution in [-0.4, -0.2) is 49.2 Å². The fourth-order valence-electron chi connectivity index (χ4n) is 2.68. The first-order valence-corrected chi connectivity index (χ1v) is 6.28. The summed E-state index contributed by atoms with van der Waals surface area (Å²) >= 11 is 0. The maximum Gasteiger partial charge on any atom is 0.239 e. The number of hydrogen-bond acceptors (Lipinski definition) is 3. The highest BCUT2D eigenvalue weighted by molar-refractivity contribution is 5.84. The second-order valence-electron chi connectivity index (χ2n) is 4.90. The number of hydrogen-bond donors (Lipinski definition) is 1. The smallest absolute Gasteiger partial charge is 0.239 e. The summed E-state index contributed by atoms with van der Waals surface area (Å²) in [5.74, 6) is 0.255. The summed E-state index contributed by atoms with van der Waals surface area (Å²) in [6.45, 7) is 4.56. The lowest BCUT2D eigenvalue weighted by atomic mass is 9.79. The number of nitrogens with zero attached hydrogens (tertiary/aromatic N) is 1. The third-order valence-electron chi connectivity index (χ3n) is 3.92. The molecule has 1 aliphatic heterocycles. The quantitative estimate of drug-likeness (QED) is 0.752.